The Morgan fingerprint density at radius 3 is 2.70 bits per heavy atom. The molecule has 2 aromatic rings. The van der Waals surface area contributed by atoms with Gasteiger partial charge in [-0.1, -0.05) is 13.0 Å². The number of hydrogen-bond donors (Lipinski definition) is 0. The van der Waals surface area contributed by atoms with Crippen LogP contribution in [0.5, 0.6) is 0 Å². The average molecular weight is 433 g/mol. The summed E-state index contributed by atoms with van der Waals surface area (Å²) in [5.41, 5.74) is 2.57. The summed E-state index contributed by atoms with van der Waals surface area (Å²) in [5, 5.41) is 0. The van der Waals surface area contributed by atoms with Gasteiger partial charge >= 0.3 is 0 Å². The molecule has 1 aromatic heterocycles. The van der Waals surface area contributed by atoms with Gasteiger partial charge in [0.25, 0.3) is 0 Å². The molecule has 1 aliphatic carbocycles. The Hall–Kier alpha value is 0.0300. The zero-order valence-corrected chi connectivity index (χ0v) is 16.0. The van der Waals surface area contributed by atoms with Crippen LogP contribution in [0, 0.1) is 3.95 Å². The van der Waals surface area contributed by atoms with Gasteiger partial charge < -0.3 is 0 Å². The summed E-state index contributed by atoms with van der Waals surface area (Å²) in [5.74, 6) is 0.688. The highest BCUT2D eigenvalue weighted by Gasteiger charge is 2.25. The minimum atomic E-state index is 0.688. The fraction of sp³-hybridized carbons (Fsp3) is 0.400. The van der Waals surface area contributed by atoms with Gasteiger partial charge in [-0.25, -0.2) is 0 Å². The fourth-order valence-corrected chi connectivity index (χ4v) is 6.01. The Labute approximate surface area is 145 Å². The van der Waals surface area contributed by atoms with Crippen molar-refractivity contribution < 1.29 is 0 Å². The predicted molar refractivity (Wildman–Crippen MR) is 95.9 cm³/mol. The molecule has 0 amide bonds. The molecule has 1 aliphatic rings. The van der Waals surface area contributed by atoms with Crippen LogP contribution >= 0.6 is 55.4 Å². The Kier molecular flexibility index (Phi) is 4.51. The lowest BCUT2D eigenvalue weighted by molar-refractivity contribution is 0.537. The van der Waals surface area contributed by atoms with Crippen LogP contribution in [0.25, 0.3) is 5.69 Å². The van der Waals surface area contributed by atoms with Crippen molar-refractivity contribution in [3.8, 4) is 5.69 Å². The zero-order valence-electron chi connectivity index (χ0n) is 11.2. The molecular formula is C15H15Br2NS2. The van der Waals surface area contributed by atoms with Gasteiger partial charge in [-0.15, -0.1) is 11.3 Å². The third-order valence-corrected chi connectivity index (χ3v) is 6.78. The monoisotopic (exact) mass is 431 g/mol. The maximum atomic E-state index is 5.66. The second kappa shape index (κ2) is 6.03. The normalized spacial score (nSPS) is 18.1. The third kappa shape index (κ3) is 2.47. The lowest BCUT2D eigenvalue weighted by Gasteiger charge is -2.22. The van der Waals surface area contributed by atoms with Crippen molar-refractivity contribution in [1.82, 2.24) is 4.57 Å². The summed E-state index contributed by atoms with van der Waals surface area (Å²) in [6.07, 6.45) is 4.90. The van der Waals surface area contributed by atoms with Gasteiger partial charge in [-0.2, -0.15) is 0 Å². The highest BCUT2D eigenvalue weighted by Crippen LogP contribution is 2.41. The molecule has 1 heterocycles. The van der Waals surface area contributed by atoms with E-state index in [0.717, 1.165) is 25.0 Å². The number of benzene rings is 1. The van der Waals surface area contributed by atoms with Gasteiger partial charge in [-0.05, 0) is 87.8 Å². The molecule has 106 valence electrons. The van der Waals surface area contributed by atoms with E-state index in [4.69, 9.17) is 12.2 Å². The van der Waals surface area contributed by atoms with Crippen LogP contribution in [-0.2, 0) is 6.42 Å². The Morgan fingerprint density at radius 1 is 1.35 bits per heavy atom. The van der Waals surface area contributed by atoms with E-state index in [2.05, 4.69) is 55.5 Å². The van der Waals surface area contributed by atoms with Crippen molar-refractivity contribution in [3.05, 3.63) is 41.7 Å². The molecule has 0 saturated heterocycles. The van der Waals surface area contributed by atoms with Gasteiger partial charge in [0.1, 0.15) is 0 Å². The molecule has 0 aliphatic heterocycles. The first-order valence-electron chi connectivity index (χ1n) is 6.82. The number of fused-ring (bicyclic) bond motifs is 1. The van der Waals surface area contributed by atoms with Crippen LogP contribution in [0.15, 0.2) is 27.1 Å². The molecule has 1 atom stereocenters. The van der Waals surface area contributed by atoms with Gasteiger partial charge in [-0.3, -0.25) is 4.57 Å². The maximum Gasteiger partial charge on any atom is 0.166 e. The molecule has 1 nitrogen and oxygen atoms in total. The van der Waals surface area contributed by atoms with Crippen molar-refractivity contribution in [1.29, 1.82) is 0 Å². The number of nitrogens with zero attached hydrogens (tertiary/aromatic N) is 1. The standard InChI is InChI=1S/C15H15Br2NS2/c1-2-9-5-3-8-12-14(9)20-15(19)18(12)13-10(16)6-4-7-11(13)17/h4,6-7,9H,2-3,5,8H2,1H3. The lowest BCUT2D eigenvalue weighted by atomic mass is 9.90. The zero-order chi connectivity index (χ0) is 14.3. The summed E-state index contributed by atoms with van der Waals surface area (Å²) in [6, 6.07) is 6.19. The van der Waals surface area contributed by atoms with Crippen LogP contribution in [0.4, 0.5) is 0 Å². The van der Waals surface area contributed by atoms with Crippen LogP contribution in [0.3, 0.4) is 0 Å². The van der Waals surface area contributed by atoms with Crippen molar-refractivity contribution in [2.75, 3.05) is 0 Å². The molecule has 1 unspecified atom stereocenters. The van der Waals surface area contributed by atoms with Crippen LogP contribution in [0.1, 0.15) is 42.7 Å². The second-order valence-corrected chi connectivity index (χ2v) is 8.47. The molecule has 5 heteroatoms. The first-order valence-corrected chi connectivity index (χ1v) is 9.63. The second-order valence-electron chi connectivity index (χ2n) is 5.08. The highest BCUT2D eigenvalue weighted by atomic mass is 79.9. The molecule has 0 fully saturated rings. The van der Waals surface area contributed by atoms with Gasteiger partial charge in [0.15, 0.2) is 3.95 Å². The summed E-state index contributed by atoms with van der Waals surface area (Å²) in [4.78, 5) is 1.51. The van der Waals surface area contributed by atoms with Crippen molar-refractivity contribution in [2.45, 2.75) is 38.5 Å². The minimum Gasteiger partial charge on any atom is -0.293 e. The van der Waals surface area contributed by atoms with E-state index >= 15 is 0 Å². The van der Waals surface area contributed by atoms with Crippen molar-refractivity contribution in [2.24, 2.45) is 0 Å². The molecule has 3 rings (SSSR count). The largest absolute Gasteiger partial charge is 0.293 e. The van der Waals surface area contributed by atoms with Crippen LogP contribution < -0.4 is 0 Å². The molecule has 20 heavy (non-hydrogen) atoms. The van der Waals surface area contributed by atoms with E-state index < -0.39 is 0 Å². The predicted octanol–water partition coefficient (Wildman–Crippen LogP) is 6.62. The van der Waals surface area contributed by atoms with E-state index in [1.165, 1.54) is 29.8 Å². The topological polar surface area (TPSA) is 4.93 Å². The van der Waals surface area contributed by atoms with Crippen molar-refractivity contribution >= 4 is 55.4 Å². The molecule has 0 bridgehead atoms. The molecule has 0 saturated carbocycles. The third-order valence-electron chi connectivity index (χ3n) is 3.93. The fourth-order valence-electron chi connectivity index (χ4n) is 2.94. The van der Waals surface area contributed by atoms with E-state index in [-0.39, 0.29) is 0 Å². The quantitative estimate of drug-likeness (QED) is 0.482. The number of thiazole rings is 1. The van der Waals surface area contributed by atoms with E-state index in [1.54, 1.807) is 11.3 Å². The van der Waals surface area contributed by atoms with Gasteiger partial charge in [0, 0.05) is 19.5 Å². The van der Waals surface area contributed by atoms with E-state index in [0.29, 0.717) is 5.92 Å². The molecular weight excluding hydrogens is 418 g/mol. The highest BCUT2D eigenvalue weighted by molar-refractivity contribution is 9.11. The van der Waals surface area contributed by atoms with E-state index in [1.807, 2.05) is 6.07 Å². The van der Waals surface area contributed by atoms with E-state index in [9.17, 15) is 0 Å². The SMILES string of the molecule is CCC1CCCc2c1sc(=S)n2-c1c(Br)cccc1Br. The Morgan fingerprint density at radius 2 is 2.05 bits per heavy atom. The van der Waals surface area contributed by atoms with Crippen molar-refractivity contribution in [3.63, 3.8) is 0 Å². The Bertz CT molecular complexity index is 682. The average Bonchev–Trinajstić information content (AvgIpc) is 2.75. The lowest BCUT2D eigenvalue weighted by Crippen LogP contribution is -2.11. The Balaban J connectivity index is 2.26. The molecule has 0 spiro atoms. The first-order chi connectivity index (χ1) is 9.63. The summed E-state index contributed by atoms with van der Waals surface area (Å²) >= 11 is 14.8. The minimum absolute atomic E-state index is 0.688. The van der Waals surface area contributed by atoms with Crippen LogP contribution in [-0.4, -0.2) is 4.57 Å². The summed E-state index contributed by atoms with van der Waals surface area (Å²) in [7, 11) is 0. The van der Waals surface area contributed by atoms with Crippen LogP contribution in [0.2, 0.25) is 0 Å². The molecule has 0 N–H and O–H groups in total. The maximum absolute atomic E-state index is 5.66. The summed E-state index contributed by atoms with van der Waals surface area (Å²) in [6.45, 7) is 2.28. The number of halogens is 2. The van der Waals surface area contributed by atoms with Gasteiger partial charge in [0.2, 0.25) is 0 Å². The smallest absolute Gasteiger partial charge is 0.166 e. The number of aromatic nitrogens is 1. The number of para-hydroxylation sites is 1. The number of rotatable bonds is 2. The first kappa shape index (κ1) is 14.9. The van der Waals surface area contributed by atoms with Gasteiger partial charge in [0.05, 0.1) is 5.69 Å². The summed E-state index contributed by atoms with van der Waals surface area (Å²) < 4.78 is 5.40. The molecule has 0 radical (unpaired) electrons. The number of hydrogen-bond acceptors (Lipinski definition) is 2. The molecule has 1 aromatic carbocycles.